The molecule has 0 unspecified atom stereocenters. The number of carbonyl (C=O) groups excluding carboxylic acids is 1. The molecular weight excluding hydrogens is 176 g/mol. The van der Waals surface area contributed by atoms with Crippen LogP contribution in [0, 0.1) is 0 Å². The summed E-state index contributed by atoms with van der Waals surface area (Å²) in [5.41, 5.74) is 0.865. The van der Waals surface area contributed by atoms with Crippen molar-refractivity contribution in [1.29, 1.82) is 0 Å². The molecule has 0 atom stereocenters. The number of rotatable bonds is 2. The van der Waals surface area contributed by atoms with E-state index >= 15 is 0 Å². The number of carbonyl (C=O) groups is 1. The third-order valence-corrected chi connectivity index (χ3v) is 1.88. The minimum Gasteiger partial charge on any atom is -0.472 e. The molecule has 0 fully saturated rings. The first-order valence-corrected chi connectivity index (χ1v) is 4.05. The highest BCUT2D eigenvalue weighted by molar-refractivity contribution is 7.03. The maximum atomic E-state index is 11.4. The lowest BCUT2D eigenvalue weighted by Gasteiger charge is -1.86. The van der Waals surface area contributed by atoms with Gasteiger partial charge in [0.1, 0.15) is 12.0 Å². The average Bonchev–Trinajstić information content (AvgIpc) is 2.77. The first kappa shape index (κ1) is 7.17. The third-order valence-electron chi connectivity index (χ3n) is 1.38. The lowest BCUT2D eigenvalue weighted by molar-refractivity contribution is 0.103. The van der Waals surface area contributed by atoms with E-state index in [4.69, 9.17) is 4.42 Å². The molecule has 0 aliphatic carbocycles. The van der Waals surface area contributed by atoms with E-state index in [0.717, 1.165) is 11.5 Å². The van der Waals surface area contributed by atoms with Gasteiger partial charge in [0.15, 0.2) is 0 Å². The molecule has 0 amide bonds. The largest absolute Gasteiger partial charge is 0.472 e. The molecule has 0 aromatic carbocycles. The van der Waals surface area contributed by atoms with Crippen molar-refractivity contribution in [2.24, 2.45) is 0 Å². The first-order valence-electron chi connectivity index (χ1n) is 3.22. The van der Waals surface area contributed by atoms with Gasteiger partial charge < -0.3 is 4.42 Å². The van der Waals surface area contributed by atoms with E-state index in [1.54, 1.807) is 11.4 Å². The molecule has 0 saturated heterocycles. The van der Waals surface area contributed by atoms with Crippen molar-refractivity contribution in [2.45, 2.75) is 0 Å². The van der Waals surface area contributed by atoms with Crippen LogP contribution in [0.5, 0.6) is 0 Å². The van der Waals surface area contributed by atoms with Crippen LogP contribution in [0.15, 0.2) is 28.4 Å². The predicted octanol–water partition coefficient (Wildman–Crippen LogP) is 1.36. The molecule has 0 spiro atoms. The molecule has 2 rings (SSSR count). The lowest BCUT2D eigenvalue weighted by Crippen LogP contribution is -1.99. The molecule has 5 heteroatoms. The molecule has 0 bridgehead atoms. The Balaban J connectivity index is 2.34. The highest BCUT2D eigenvalue weighted by atomic mass is 32.1. The van der Waals surface area contributed by atoms with Crippen molar-refractivity contribution in [3.8, 4) is 0 Å². The Morgan fingerprint density at radius 2 is 2.50 bits per heavy atom. The van der Waals surface area contributed by atoms with Gasteiger partial charge in [-0.25, -0.2) is 0 Å². The van der Waals surface area contributed by atoms with E-state index in [1.165, 1.54) is 12.5 Å². The van der Waals surface area contributed by atoms with Crippen molar-refractivity contribution >= 4 is 17.3 Å². The zero-order valence-electron chi connectivity index (χ0n) is 5.93. The van der Waals surface area contributed by atoms with E-state index in [0.29, 0.717) is 11.3 Å². The minimum absolute atomic E-state index is 0.155. The zero-order valence-corrected chi connectivity index (χ0v) is 6.75. The van der Waals surface area contributed by atoms with Gasteiger partial charge in [-0.2, -0.15) is 0 Å². The lowest BCUT2D eigenvalue weighted by atomic mass is 10.2. The summed E-state index contributed by atoms with van der Waals surface area (Å²) in [4.78, 5) is 11.4. The normalized spacial score (nSPS) is 10.0. The summed E-state index contributed by atoms with van der Waals surface area (Å²) >= 11 is 1.15. The third kappa shape index (κ3) is 1.14. The Labute approximate surface area is 72.0 Å². The van der Waals surface area contributed by atoms with Gasteiger partial charge in [0.25, 0.3) is 0 Å². The molecular formula is C7H4N2O2S. The van der Waals surface area contributed by atoms with E-state index in [2.05, 4.69) is 9.59 Å². The minimum atomic E-state index is -0.155. The molecule has 2 aromatic heterocycles. The van der Waals surface area contributed by atoms with Crippen LogP contribution < -0.4 is 0 Å². The summed E-state index contributed by atoms with van der Waals surface area (Å²) in [7, 11) is 0. The van der Waals surface area contributed by atoms with E-state index in [1.807, 2.05) is 0 Å². The molecule has 2 heterocycles. The quantitative estimate of drug-likeness (QED) is 0.655. The highest BCUT2D eigenvalue weighted by Gasteiger charge is 2.12. The van der Waals surface area contributed by atoms with Gasteiger partial charge in [0.2, 0.25) is 5.78 Å². The second kappa shape index (κ2) is 2.86. The molecule has 0 radical (unpaired) electrons. The summed E-state index contributed by atoms with van der Waals surface area (Å²) in [6.45, 7) is 0. The summed E-state index contributed by atoms with van der Waals surface area (Å²) in [6, 6.07) is 1.60. The van der Waals surface area contributed by atoms with Crippen LogP contribution in [0.1, 0.15) is 16.1 Å². The van der Waals surface area contributed by atoms with E-state index in [9.17, 15) is 4.79 Å². The maximum Gasteiger partial charge on any atom is 0.217 e. The Kier molecular flexibility index (Phi) is 1.71. The summed E-state index contributed by atoms with van der Waals surface area (Å²) in [5, 5.41) is 5.26. The van der Waals surface area contributed by atoms with Crippen LogP contribution >= 0.6 is 11.5 Å². The van der Waals surface area contributed by atoms with Crippen molar-refractivity contribution in [2.75, 3.05) is 0 Å². The second-order valence-electron chi connectivity index (χ2n) is 2.13. The zero-order chi connectivity index (χ0) is 8.39. The van der Waals surface area contributed by atoms with Crippen LogP contribution in [0.3, 0.4) is 0 Å². The molecule has 0 saturated carbocycles. The number of hydrogen-bond donors (Lipinski definition) is 0. The fourth-order valence-corrected chi connectivity index (χ4v) is 1.24. The van der Waals surface area contributed by atoms with Gasteiger partial charge in [0, 0.05) is 5.38 Å². The van der Waals surface area contributed by atoms with Gasteiger partial charge in [0.05, 0.1) is 11.8 Å². The monoisotopic (exact) mass is 180 g/mol. The fourth-order valence-electron chi connectivity index (χ4n) is 0.805. The smallest absolute Gasteiger partial charge is 0.217 e. The first-order chi connectivity index (χ1) is 5.88. The van der Waals surface area contributed by atoms with Crippen LogP contribution in [-0.4, -0.2) is 15.4 Å². The number of hydrogen-bond acceptors (Lipinski definition) is 5. The van der Waals surface area contributed by atoms with Gasteiger partial charge in [-0.1, -0.05) is 4.49 Å². The fraction of sp³-hybridized carbons (Fsp3) is 0. The predicted molar refractivity (Wildman–Crippen MR) is 42.0 cm³/mol. The van der Waals surface area contributed by atoms with Crippen LogP contribution in [-0.2, 0) is 0 Å². The van der Waals surface area contributed by atoms with Crippen molar-refractivity contribution in [1.82, 2.24) is 9.59 Å². The number of ketones is 1. The summed E-state index contributed by atoms with van der Waals surface area (Å²) in [6.07, 6.45) is 2.84. The molecule has 2 aromatic rings. The average molecular weight is 180 g/mol. The van der Waals surface area contributed by atoms with Crippen molar-refractivity contribution < 1.29 is 9.21 Å². The maximum absolute atomic E-state index is 11.4. The molecule has 0 aliphatic rings. The van der Waals surface area contributed by atoms with Crippen LogP contribution in [0.25, 0.3) is 0 Å². The SMILES string of the molecule is O=C(c1ccoc1)c1csnn1. The Bertz CT molecular complexity index is 330. The number of furan rings is 1. The molecule has 0 aliphatic heterocycles. The molecule has 60 valence electrons. The Morgan fingerprint density at radius 3 is 3.08 bits per heavy atom. The van der Waals surface area contributed by atoms with E-state index in [-0.39, 0.29) is 5.78 Å². The van der Waals surface area contributed by atoms with Gasteiger partial charge in [-0.15, -0.1) is 5.10 Å². The topological polar surface area (TPSA) is 56.0 Å². The molecule has 4 nitrogen and oxygen atoms in total. The van der Waals surface area contributed by atoms with E-state index < -0.39 is 0 Å². The summed E-state index contributed by atoms with van der Waals surface area (Å²) in [5.74, 6) is -0.155. The number of nitrogens with zero attached hydrogens (tertiary/aromatic N) is 2. The van der Waals surface area contributed by atoms with Gasteiger partial charge in [-0.3, -0.25) is 4.79 Å². The van der Waals surface area contributed by atoms with Crippen LogP contribution in [0.4, 0.5) is 0 Å². The van der Waals surface area contributed by atoms with Crippen molar-refractivity contribution in [3.63, 3.8) is 0 Å². The second-order valence-corrected chi connectivity index (χ2v) is 2.74. The Hall–Kier alpha value is -1.49. The van der Waals surface area contributed by atoms with Crippen molar-refractivity contribution in [3.05, 3.63) is 35.2 Å². The highest BCUT2D eigenvalue weighted by Crippen LogP contribution is 2.08. The van der Waals surface area contributed by atoms with Gasteiger partial charge in [-0.05, 0) is 17.6 Å². The van der Waals surface area contributed by atoms with Crippen LogP contribution in [0.2, 0.25) is 0 Å². The standard InChI is InChI=1S/C7H4N2O2S/c10-7(5-1-2-11-3-5)6-4-12-9-8-6/h1-4H. The van der Waals surface area contributed by atoms with Gasteiger partial charge >= 0.3 is 0 Å². The summed E-state index contributed by atoms with van der Waals surface area (Å²) < 4.78 is 8.36. The number of aromatic nitrogens is 2. The molecule has 12 heavy (non-hydrogen) atoms. The molecule has 0 N–H and O–H groups in total. The Morgan fingerprint density at radius 1 is 1.58 bits per heavy atom.